The lowest BCUT2D eigenvalue weighted by Gasteiger charge is -2.24. The minimum atomic E-state index is -0.965. The summed E-state index contributed by atoms with van der Waals surface area (Å²) in [5, 5.41) is 11.3. The van der Waals surface area contributed by atoms with Crippen LogP contribution in [0.15, 0.2) is 48.0 Å². The minimum absolute atomic E-state index is 0.186. The van der Waals surface area contributed by atoms with Crippen LogP contribution in [0.1, 0.15) is 18.4 Å². The number of ether oxygens (including phenoxy) is 1. The van der Waals surface area contributed by atoms with Crippen molar-refractivity contribution >= 4 is 35.0 Å². The summed E-state index contributed by atoms with van der Waals surface area (Å²) in [6.45, 7) is 1.75. The highest BCUT2D eigenvalue weighted by molar-refractivity contribution is 7.10. The summed E-state index contributed by atoms with van der Waals surface area (Å²) in [7, 11) is 0. The maximum absolute atomic E-state index is 12.6. The van der Waals surface area contributed by atoms with Gasteiger partial charge in [0, 0.05) is 29.9 Å². The quantitative estimate of drug-likeness (QED) is 0.563. The van der Waals surface area contributed by atoms with E-state index in [1.807, 2.05) is 12.1 Å². The molecule has 128 valence electrons. The Bertz CT molecular complexity index is 767. The summed E-state index contributed by atoms with van der Waals surface area (Å²) in [5.74, 6) is -0.998. The molecule has 25 heavy (non-hydrogen) atoms. The normalized spacial score (nSPS) is 11.7. The predicted octanol–water partition coefficient (Wildman–Crippen LogP) is 3.03. The molecule has 6 nitrogen and oxygen atoms in total. The third kappa shape index (κ3) is 5.55. The van der Waals surface area contributed by atoms with Gasteiger partial charge < -0.3 is 9.64 Å². The van der Waals surface area contributed by atoms with Gasteiger partial charge in [-0.05, 0) is 25.1 Å². The fourth-order valence-corrected chi connectivity index (χ4v) is 2.61. The number of para-hydroxylation sites is 1. The Morgan fingerprint density at radius 2 is 2.16 bits per heavy atom. The van der Waals surface area contributed by atoms with E-state index in [4.69, 9.17) is 10.00 Å². The minimum Gasteiger partial charge on any atom is -0.449 e. The van der Waals surface area contributed by atoms with E-state index in [1.165, 1.54) is 35.3 Å². The zero-order chi connectivity index (χ0) is 18.1. The first-order valence-electron chi connectivity index (χ1n) is 7.63. The number of nitriles is 1. The van der Waals surface area contributed by atoms with Gasteiger partial charge in [-0.3, -0.25) is 4.79 Å². The van der Waals surface area contributed by atoms with Crippen LogP contribution < -0.4 is 4.90 Å². The number of carbonyl (C=O) groups is 2. The van der Waals surface area contributed by atoms with Crippen molar-refractivity contribution in [1.29, 1.82) is 5.26 Å². The molecule has 1 heterocycles. The molecule has 0 bridgehead atoms. The van der Waals surface area contributed by atoms with Crippen molar-refractivity contribution in [2.24, 2.45) is 0 Å². The highest BCUT2D eigenvalue weighted by Gasteiger charge is 2.24. The number of amides is 1. The monoisotopic (exact) mass is 355 g/mol. The van der Waals surface area contributed by atoms with E-state index in [0.29, 0.717) is 10.7 Å². The van der Waals surface area contributed by atoms with Crippen molar-refractivity contribution in [2.75, 3.05) is 11.4 Å². The molecule has 0 saturated carbocycles. The highest BCUT2D eigenvalue weighted by Crippen LogP contribution is 2.16. The molecule has 2 rings (SSSR count). The van der Waals surface area contributed by atoms with Gasteiger partial charge in [-0.1, -0.05) is 18.2 Å². The molecule has 2 aromatic rings. The Hall–Kier alpha value is -2.98. The van der Waals surface area contributed by atoms with Crippen molar-refractivity contribution in [3.8, 4) is 6.07 Å². The second kappa shape index (κ2) is 9.35. The van der Waals surface area contributed by atoms with Crippen molar-refractivity contribution in [1.82, 2.24) is 4.98 Å². The number of hydrogen-bond acceptors (Lipinski definition) is 6. The molecule has 1 amide bonds. The number of thiazole rings is 1. The van der Waals surface area contributed by atoms with Gasteiger partial charge >= 0.3 is 5.97 Å². The van der Waals surface area contributed by atoms with Gasteiger partial charge in [0.1, 0.15) is 5.01 Å². The molecule has 0 aliphatic heterocycles. The number of nitrogens with zero attached hydrogens (tertiary/aromatic N) is 3. The first-order valence-corrected chi connectivity index (χ1v) is 8.51. The smallest absolute Gasteiger partial charge is 0.331 e. The Morgan fingerprint density at radius 1 is 1.40 bits per heavy atom. The standard InChI is InChI=1S/C18H17N3O3S/c1-14(24-17(22)9-8-16-20-11-13-25-16)18(23)21(12-5-10-19)15-6-3-2-4-7-15/h2-4,6-9,11,13-14H,5,12H2,1H3. The summed E-state index contributed by atoms with van der Waals surface area (Å²) in [4.78, 5) is 30.0. The van der Waals surface area contributed by atoms with Crippen molar-refractivity contribution in [2.45, 2.75) is 19.4 Å². The van der Waals surface area contributed by atoms with Gasteiger partial charge in [-0.15, -0.1) is 11.3 Å². The molecule has 1 aromatic carbocycles. The molecule has 0 aliphatic carbocycles. The van der Waals surface area contributed by atoms with Gasteiger partial charge in [-0.2, -0.15) is 5.26 Å². The number of rotatable bonds is 7. The average molecular weight is 355 g/mol. The van der Waals surface area contributed by atoms with Crippen LogP contribution in [0, 0.1) is 11.3 Å². The van der Waals surface area contributed by atoms with Gasteiger partial charge in [0.2, 0.25) is 0 Å². The van der Waals surface area contributed by atoms with Crippen LogP contribution in [0.2, 0.25) is 0 Å². The maximum atomic E-state index is 12.6. The molecule has 0 aliphatic rings. The largest absolute Gasteiger partial charge is 0.449 e. The van der Waals surface area contributed by atoms with E-state index >= 15 is 0 Å². The van der Waals surface area contributed by atoms with Crippen LogP contribution in [-0.4, -0.2) is 29.5 Å². The summed E-state index contributed by atoms with van der Waals surface area (Å²) < 4.78 is 5.17. The molecule has 0 spiro atoms. The van der Waals surface area contributed by atoms with E-state index < -0.39 is 12.1 Å². The number of esters is 1. The van der Waals surface area contributed by atoms with Crippen LogP contribution in [0.25, 0.3) is 6.08 Å². The third-order valence-corrected chi connectivity index (χ3v) is 3.98. The SMILES string of the molecule is CC(OC(=O)C=Cc1nccs1)C(=O)N(CCC#N)c1ccccc1. The summed E-state index contributed by atoms with van der Waals surface area (Å²) in [6, 6.07) is 11.0. The molecule has 1 unspecified atom stereocenters. The Balaban J connectivity index is 2.02. The number of anilines is 1. The topological polar surface area (TPSA) is 83.3 Å². The predicted molar refractivity (Wildman–Crippen MR) is 95.7 cm³/mol. The summed E-state index contributed by atoms with van der Waals surface area (Å²) in [6.07, 6.45) is 3.63. The Morgan fingerprint density at radius 3 is 2.80 bits per heavy atom. The maximum Gasteiger partial charge on any atom is 0.331 e. The molecule has 0 N–H and O–H groups in total. The van der Waals surface area contributed by atoms with E-state index in [2.05, 4.69) is 4.98 Å². The first kappa shape index (κ1) is 18.4. The van der Waals surface area contributed by atoms with Crippen LogP contribution in [0.4, 0.5) is 5.69 Å². The second-order valence-electron chi connectivity index (χ2n) is 5.02. The molecule has 0 radical (unpaired) electrons. The fourth-order valence-electron chi connectivity index (χ4n) is 2.08. The lowest BCUT2D eigenvalue weighted by atomic mass is 10.2. The average Bonchev–Trinajstić information content (AvgIpc) is 3.14. The lowest BCUT2D eigenvalue weighted by molar-refractivity contribution is -0.149. The molecule has 7 heteroatoms. The molecular weight excluding hydrogens is 338 g/mol. The molecule has 1 atom stereocenters. The van der Waals surface area contributed by atoms with Gasteiger partial charge in [-0.25, -0.2) is 9.78 Å². The molecule has 0 saturated heterocycles. The van der Waals surface area contributed by atoms with Gasteiger partial charge in [0.15, 0.2) is 6.10 Å². The van der Waals surface area contributed by atoms with Crippen LogP contribution >= 0.6 is 11.3 Å². The van der Waals surface area contributed by atoms with Gasteiger partial charge in [0.05, 0.1) is 12.5 Å². The number of hydrogen-bond donors (Lipinski definition) is 0. The molecule has 1 aromatic heterocycles. The second-order valence-corrected chi connectivity index (χ2v) is 5.94. The van der Waals surface area contributed by atoms with E-state index in [-0.39, 0.29) is 18.9 Å². The zero-order valence-corrected chi connectivity index (χ0v) is 14.5. The number of carbonyl (C=O) groups excluding carboxylic acids is 2. The van der Waals surface area contributed by atoms with E-state index in [9.17, 15) is 9.59 Å². The van der Waals surface area contributed by atoms with Crippen LogP contribution in [0.3, 0.4) is 0 Å². The van der Waals surface area contributed by atoms with Crippen LogP contribution in [0.5, 0.6) is 0 Å². The number of aromatic nitrogens is 1. The lowest BCUT2D eigenvalue weighted by Crippen LogP contribution is -2.40. The summed E-state index contributed by atoms with van der Waals surface area (Å²) in [5.41, 5.74) is 0.656. The fraction of sp³-hybridized carbons (Fsp3) is 0.222. The van der Waals surface area contributed by atoms with Crippen molar-refractivity contribution in [3.05, 3.63) is 53.0 Å². The van der Waals surface area contributed by atoms with Crippen molar-refractivity contribution in [3.63, 3.8) is 0 Å². The highest BCUT2D eigenvalue weighted by atomic mass is 32.1. The molecule has 0 fully saturated rings. The third-order valence-electron chi connectivity index (χ3n) is 3.24. The van der Waals surface area contributed by atoms with Crippen LogP contribution in [-0.2, 0) is 14.3 Å². The van der Waals surface area contributed by atoms with E-state index in [1.54, 1.807) is 35.8 Å². The summed E-state index contributed by atoms with van der Waals surface area (Å²) >= 11 is 1.39. The van der Waals surface area contributed by atoms with E-state index in [0.717, 1.165) is 0 Å². The zero-order valence-electron chi connectivity index (χ0n) is 13.7. The Labute approximate surface area is 150 Å². The Kier molecular flexibility index (Phi) is 6.87. The van der Waals surface area contributed by atoms with Crippen molar-refractivity contribution < 1.29 is 14.3 Å². The molecular formula is C18H17N3O3S. The number of benzene rings is 1. The van der Waals surface area contributed by atoms with Gasteiger partial charge in [0.25, 0.3) is 5.91 Å². The first-order chi connectivity index (χ1) is 12.1.